The Hall–Kier alpha value is -2.61. The number of halogens is 1. The molecule has 0 amide bonds. The third-order valence-electron chi connectivity index (χ3n) is 2.88. The predicted molar refractivity (Wildman–Crippen MR) is 76.0 cm³/mol. The molecule has 0 unspecified atom stereocenters. The fraction of sp³-hybridized carbons (Fsp3) is 0.0714. The molecule has 0 aliphatic carbocycles. The summed E-state index contributed by atoms with van der Waals surface area (Å²) >= 11 is 0. The monoisotopic (exact) mass is 319 g/mol. The molecule has 3 rings (SSSR count). The van der Waals surface area contributed by atoms with Crippen LogP contribution in [0.2, 0.25) is 0 Å². The lowest BCUT2D eigenvalue weighted by Gasteiger charge is -1.97. The van der Waals surface area contributed by atoms with Gasteiger partial charge in [0, 0.05) is 11.8 Å². The van der Waals surface area contributed by atoms with Crippen molar-refractivity contribution in [3.05, 3.63) is 48.5 Å². The van der Waals surface area contributed by atoms with Crippen LogP contribution in [0.1, 0.15) is 0 Å². The van der Waals surface area contributed by atoms with E-state index >= 15 is 0 Å². The Labute approximate surface area is 125 Å². The van der Waals surface area contributed by atoms with Gasteiger partial charge in [-0.3, -0.25) is 0 Å². The highest BCUT2D eigenvalue weighted by Gasteiger charge is 2.13. The number of hydrogen-bond donors (Lipinski definition) is 0. The van der Waals surface area contributed by atoms with E-state index in [2.05, 4.69) is 15.2 Å². The van der Waals surface area contributed by atoms with Crippen LogP contribution in [0.15, 0.2) is 52.1 Å². The van der Waals surface area contributed by atoms with E-state index in [0.717, 1.165) is 6.26 Å². The molecular formula is C14H10FN3O3S. The third kappa shape index (κ3) is 2.86. The second-order valence-corrected chi connectivity index (χ2v) is 6.54. The van der Waals surface area contributed by atoms with Crippen LogP contribution >= 0.6 is 0 Å². The number of oxazole rings is 1. The van der Waals surface area contributed by atoms with E-state index in [-0.39, 0.29) is 10.8 Å². The van der Waals surface area contributed by atoms with Crippen LogP contribution in [0.4, 0.5) is 4.39 Å². The molecule has 8 heteroatoms. The van der Waals surface area contributed by atoms with E-state index in [1.165, 1.54) is 30.5 Å². The smallest absolute Gasteiger partial charge is 0.226 e. The van der Waals surface area contributed by atoms with Gasteiger partial charge < -0.3 is 4.42 Å². The van der Waals surface area contributed by atoms with Gasteiger partial charge >= 0.3 is 0 Å². The van der Waals surface area contributed by atoms with Crippen LogP contribution in [0, 0.1) is 5.82 Å². The first-order chi connectivity index (χ1) is 10.4. The SMILES string of the molecule is CS(=O)(=O)c1ccc(-c2coc(-c3ccc(F)cc3)n2)nn1. The molecule has 2 aromatic heterocycles. The van der Waals surface area contributed by atoms with Crippen molar-refractivity contribution in [1.29, 1.82) is 0 Å². The molecular weight excluding hydrogens is 309 g/mol. The van der Waals surface area contributed by atoms with Gasteiger partial charge in [0.05, 0.1) is 0 Å². The zero-order chi connectivity index (χ0) is 15.7. The molecule has 0 N–H and O–H groups in total. The average molecular weight is 319 g/mol. The highest BCUT2D eigenvalue weighted by Crippen LogP contribution is 2.23. The Morgan fingerprint density at radius 2 is 1.73 bits per heavy atom. The Morgan fingerprint density at radius 1 is 1.00 bits per heavy atom. The van der Waals surface area contributed by atoms with Crippen LogP contribution in [0.3, 0.4) is 0 Å². The molecule has 0 aliphatic heterocycles. The standard InChI is InChI=1S/C14H10FN3O3S/c1-22(19,20)13-7-6-11(17-18-13)12-8-21-14(16-12)9-2-4-10(15)5-3-9/h2-8H,1H3. The van der Waals surface area contributed by atoms with Crippen molar-refractivity contribution in [3.8, 4) is 22.8 Å². The molecule has 22 heavy (non-hydrogen) atoms. The maximum atomic E-state index is 12.9. The largest absolute Gasteiger partial charge is 0.444 e. The zero-order valence-electron chi connectivity index (χ0n) is 11.4. The van der Waals surface area contributed by atoms with E-state index in [4.69, 9.17) is 4.42 Å². The van der Waals surface area contributed by atoms with Gasteiger partial charge in [-0.1, -0.05) is 0 Å². The topological polar surface area (TPSA) is 86.0 Å². The minimum absolute atomic E-state index is 0.112. The summed E-state index contributed by atoms with van der Waals surface area (Å²) in [4.78, 5) is 4.23. The molecule has 0 atom stereocenters. The Bertz CT molecular complexity index is 903. The van der Waals surface area contributed by atoms with Crippen LogP contribution in [0.25, 0.3) is 22.8 Å². The van der Waals surface area contributed by atoms with Crippen LogP contribution in [0.5, 0.6) is 0 Å². The summed E-state index contributed by atoms with van der Waals surface area (Å²) in [6.45, 7) is 0. The van der Waals surface area contributed by atoms with Gasteiger partial charge in [0.1, 0.15) is 23.5 Å². The quantitative estimate of drug-likeness (QED) is 0.736. The van der Waals surface area contributed by atoms with E-state index in [9.17, 15) is 12.8 Å². The second-order valence-electron chi connectivity index (χ2n) is 4.57. The van der Waals surface area contributed by atoms with Crippen molar-refractivity contribution in [2.24, 2.45) is 0 Å². The molecule has 0 aliphatic rings. The van der Waals surface area contributed by atoms with E-state index in [1.54, 1.807) is 12.1 Å². The summed E-state index contributed by atoms with van der Waals surface area (Å²) in [7, 11) is -3.40. The first kappa shape index (κ1) is 14.3. The summed E-state index contributed by atoms with van der Waals surface area (Å²) in [5, 5.41) is 7.36. The molecule has 6 nitrogen and oxygen atoms in total. The van der Waals surface area contributed by atoms with Gasteiger partial charge in [-0.2, -0.15) is 0 Å². The van der Waals surface area contributed by atoms with Crippen LogP contribution < -0.4 is 0 Å². The molecule has 0 bridgehead atoms. The summed E-state index contributed by atoms with van der Waals surface area (Å²) < 4.78 is 40.9. The van der Waals surface area contributed by atoms with Crippen LogP contribution in [-0.2, 0) is 9.84 Å². The van der Waals surface area contributed by atoms with Crippen molar-refractivity contribution in [2.45, 2.75) is 5.03 Å². The number of rotatable bonds is 3. The minimum atomic E-state index is -3.40. The molecule has 0 spiro atoms. The zero-order valence-corrected chi connectivity index (χ0v) is 12.2. The summed E-state index contributed by atoms with van der Waals surface area (Å²) in [6, 6.07) is 8.55. The average Bonchev–Trinajstić information content (AvgIpc) is 2.97. The van der Waals surface area contributed by atoms with Gasteiger partial charge in [0.2, 0.25) is 5.89 Å². The molecule has 112 valence electrons. The summed E-state index contributed by atoms with van der Waals surface area (Å²) in [5.41, 5.74) is 1.41. The lowest BCUT2D eigenvalue weighted by Crippen LogP contribution is -2.02. The molecule has 1 aromatic carbocycles. The van der Waals surface area contributed by atoms with Crippen molar-refractivity contribution in [3.63, 3.8) is 0 Å². The van der Waals surface area contributed by atoms with Crippen molar-refractivity contribution >= 4 is 9.84 Å². The van der Waals surface area contributed by atoms with Gasteiger partial charge in [0.25, 0.3) is 0 Å². The first-order valence-electron chi connectivity index (χ1n) is 6.19. The fourth-order valence-corrected chi connectivity index (χ4v) is 2.28. The predicted octanol–water partition coefficient (Wildman–Crippen LogP) is 2.34. The van der Waals surface area contributed by atoms with Crippen molar-refractivity contribution in [2.75, 3.05) is 6.26 Å². The lowest BCUT2D eigenvalue weighted by molar-refractivity contribution is 0.574. The van der Waals surface area contributed by atoms with Crippen molar-refractivity contribution in [1.82, 2.24) is 15.2 Å². The lowest BCUT2D eigenvalue weighted by atomic mass is 10.2. The van der Waals surface area contributed by atoms with Gasteiger partial charge in [-0.25, -0.2) is 17.8 Å². The fourth-order valence-electron chi connectivity index (χ4n) is 1.77. The Morgan fingerprint density at radius 3 is 2.32 bits per heavy atom. The molecule has 2 heterocycles. The molecule has 0 radical (unpaired) electrons. The van der Waals surface area contributed by atoms with Crippen LogP contribution in [-0.4, -0.2) is 29.9 Å². The second kappa shape index (κ2) is 5.30. The highest BCUT2D eigenvalue weighted by atomic mass is 32.2. The number of benzene rings is 1. The van der Waals surface area contributed by atoms with E-state index in [1.807, 2.05) is 0 Å². The van der Waals surface area contributed by atoms with Gasteiger partial charge in [-0.05, 0) is 36.4 Å². The van der Waals surface area contributed by atoms with Crippen molar-refractivity contribution < 1.29 is 17.2 Å². The highest BCUT2D eigenvalue weighted by molar-refractivity contribution is 7.90. The van der Waals surface area contributed by atoms with E-state index < -0.39 is 9.84 Å². The normalized spacial score (nSPS) is 11.5. The molecule has 3 aromatic rings. The summed E-state index contributed by atoms with van der Waals surface area (Å²) in [5.74, 6) is -0.0400. The number of hydrogen-bond acceptors (Lipinski definition) is 6. The molecule has 0 fully saturated rings. The van der Waals surface area contributed by atoms with Gasteiger partial charge in [-0.15, -0.1) is 10.2 Å². The maximum Gasteiger partial charge on any atom is 0.226 e. The Kier molecular flexibility index (Phi) is 3.45. The first-order valence-corrected chi connectivity index (χ1v) is 8.08. The van der Waals surface area contributed by atoms with Gasteiger partial charge in [0.15, 0.2) is 14.9 Å². The number of nitrogens with zero attached hydrogens (tertiary/aromatic N) is 3. The number of sulfone groups is 1. The summed E-state index contributed by atoms with van der Waals surface area (Å²) in [6.07, 6.45) is 2.43. The maximum absolute atomic E-state index is 12.9. The van der Waals surface area contributed by atoms with E-state index in [0.29, 0.717) is 22.8 Å². The Balaban J connectivity index is 1.92. The third-order valence-corrected chi connectivity index (χ3v) is 3.86. The molecule has 0 saturated carbocycles. The number of aromatic nitrogens is 3. The molecule has 0 saturated heterocycles. The minimum Gasteiger partial charge on any atom is -0.444 e.